The Hall–Kier alpha value is -1.42. The third-order valence-electron chi connectivity index (χ3n) is 1.49. The number of aromatic nitrogens is 2. The van der Waals surface area contributed by atoms with Crippen molar-refractivity contribution >= 4 is 12.2 Å². The average molecular weight is 178 g/mol. The van der Waals surface area contributed by atoms with Gasteiger partial charge >= 0.3 is 4.84 Å². The lowest BCUT2D eigenvalue weighted by Crippen LogP contribution is -1.77. The minimum atomic E-state index is 0.230. The van der Waals surface area contributed by atoms with Crippen molar-refractivity contribution < 1.29 is 4.52 Å². The molecule has 1 aromatic carbocycles. The van der Waals surface area contributed by atoms with Gasteiger partial charge in [-0.25, -0.2) is 5.16 Å². The summed E-state index contributed by atoms with van der Waals surface area (Å²) in [4.78, 5) is 4.20. The first-order valence-corrected chi connectivity index (χ1v) is 3.88. The molecule has 0 saturated heterocycles. The molecule has 0 unspecified atom stereocenters. The quantitative estimate of drug-likeness (QED) is 0.682. The van der Waals surface area contributed by atoms with Crippen LogP contribution in [0.1, 0.15) is 0 Å². The van der Waals surface area contributed by atoms with E-state index in [-0.39, 0.29) is 4.84 Å². The number of nitrogens with zero attached hydrogens (tertiary/aromatic N) is 1. The fourth-order valence-electron chi connectivity index (χ4n) is 0.948. The lowest BCUT2D eigenvalue weighted by molar-refractivity contribution is 0.406. The van der Waals surface area contributed by atoms with Crippen LogP contribution in [0.25, 0.3) is 11.4 Å². The molecule has 0 radical (unpaired) electrons. The highest BCUT2D eigenvalue weighted by molar-refractivity contribution is 7.71. The smallest absolute Gasteiger partial charge is 0.314 e. The number of nitrogens with one attached hydrogen (secondary N) is 1. The van der Waals surface area contributed by atoms with E-state index in [4.69, 9.17) is 16.7 Å². The first-order valence-electron chi connectivity index (χ1n) is 3.47. The molecule has 60 valence electrons. The Morgan fingerprint density at radius 2 is 2.00 bits per heavy atom. The van der Waals surface area contributed by atoms with Crippen LogP contribution in [0.5, 0.6) is 0 Å². The molecule has 0 spiro atoms. The van der Waals surface area contributed by atoms with E-state index in [1.165, 1.54) is 0 Å². The summed E-state index contributed by atoms with van der Waals surface area (Å²) in [6.45, 7) is 0. The Morgan fingerprint density at radius 1 is 1.25 bits per heavy atom. The largest absolute Gasteiger partial charge is 0.348 e. The van der Waals surface area contributed by atoms with Gasteiger partial charge in [0, 0.05) is 5.56 Å². The molecule has 2 rings (SSSR count). The van der Waals surface area contributed by atoms with Crippen molar-refractivity contribution in [1.29, 1.82) is 0 Å². The van der Waals surface area contributed by atoms with Crippen LogP contribution < -0.4 is 0 Å². The number of aromatic amines is 1. The van der Waals surface area contributed by atoms with E-state index < -0.39 is 0 Å². The summed E-state index contributed by atoms with van der Waals surface area (Å²) in [5, 5.41) is 2.63. The molecule has 0 bridgehead atoms. The van der Waals surface area contributed by atoms with Crippen LogP contribution in [0.4, 0.5) is 0 Å². The number of hydrogen-bond acceptors (Lipinski definition) is 3. The van der Waals surface area contributed by atoms with E-state index in [2.05, 4.69) is 10.1 Å². The van der Waals surface area contributed by atoms with Crippen LogP contribution in [0.2, 0.25) is 0 Å². The van der Waals surface area contributed by atoms with E-state index in [0.717, 1.165) is 5.56 Å². The second-order valence-corrected chi connectivity index (χ2v) is 2.65. The first-order chi connectivity index (χ1) is 5.86. The normalized spacial score (nSPS) is 10.0. The Bertz CT molecular complexity index is 418. The maximum absolute atomic E-state index is 4.80. The second kappa shape index (κ2) is 2.91. The van der Waals surface area contributed by atoms with E-state index in [1.807, 2.05) is 30.3 Å². The molecule has 0 aliphatic carbocycles. The van der Waals surface area contributed by atoms with Crippen molar-refractivity contribution in [3.63, 3.8) is 0 Å². The van der Waals surface area contributed by atoms with Crippen LogP contribution >= 0.6 is 12.2 Å². The Kier molecular flexibility index (Phi) is 1.75. The summed E-state index contributed by atoms with van der Waals surface area (Å²) in [5.41, 5.74) is 0.970. The van der Waals surface area contributed by atoms with Gasteiger partial charge in [-0.15, -0.1) is 0 Å². The third kappa shape index (κ3) is 1.29. The highest BCUT2D eigenvalue weighted by atomic mass is 32.1. The SMILES string of the molecule is S=c1nc(-c2ccccc2)[nH]o1. The van der Waals surface area contributed by atoms with Gasteiger partial charge in [0.15, 0.2) is 5.82 Å². The molecule has 12 heavy (non-hydrogen) atoms. The lowest BCUT2D eigenvalue weighted by atomic mass is 10.2. The minimum Gasteiger partial charge on any atom is -0.348 e. The molecule has 3 nitrogen and oxygen atoms in total. The molecule has 0 aliphatic rings. The van der Waals surface area contributed by atoms with Crippen molar-refractivity contribution in [2.75, 3.05) is 0 Å². The predicted octanol–water partition coefficient (Wildman–Crippen LogP) is 2.40. The monoisotopic (exact) mass is 178 g/mol. The van der Waals surface area contributed by atoms with Gasteiger partial charge in [-0.1, -0.05) is 30.3 Å². The van der Waals surface area contributed by atoms with Crippen LogP contribution in [-0.2, 0) is 0 Å². The molecular formula is C8H6N2OS. The molecule has 0 fully saturated rings. The number of hydrogen-bond donors (Lipinski definition) is 1. The summed E-state index contributed by atoms with van der Waals surface area (Å²) < 4.78 is 4.80. The van der Waals surface area contributed by atoms with Crippen LogP contribution in [0, 0.1) is 4.84 Å². The van der Waals surface area contributed by atoms with Gasteiger partial charge in [0.2, 0.25) is 0 Å². The summed E-state index contributed by atoms with van der Waals surface area (Å²) in [7, 11) is 0. The number of benzene rings is 1. The molecule has 4 heteroatoms. The van der Waals surface area contributed by atoms with E-state index in [9.17, 15) is 0 Å². The molecule has 0 saturated carbocycles. The standard InChI is InChI=1S/C8H6N2OS/c12-8-9-7(10-11-8)6-4-2-1-3-5-6/h1-5H,(H,9,10,12). The summed E-state index contributed by atoms with van der Waals surface area (Å²) in [6.07, 6.45) is 0. The number of H-pyrrole nitrogens is 1. The topological polar surface area (TPSA) is 41.8 Å². The Labute approximate surface area is 74.0 Å². The predicted molar refractivity (Wildman–Crippen MR) is 47.1 cm³/mol. The van der Waals surface area contributed by atoms with Gasteiger partial charge < -0.3 is 4.52 Å². The van der Waals surface area contributed by atoms with Gasteiger partial charge in [0.1, 0.15) is 0 Å². The maximum Gasteiger partial charge on any atom is 0.314 e. The molecule has 0 amide bonds. The molecule has 0 atom stereocenters. The zero-order chi connectivity index (χ0) is 8.39. The summed E-state index contributed by atoms with van der Waals surface area (Å²) >= 11 is 4.72. The zero-order valence-electron chi connectivity index (χ0n) is 6.15. The molecule has 2 aromatic rings. The molecular weight excluding hydrogens is 172 g/mol. The van der Waals surface area contributed by atoms with Gasteiger partial charge in [0.05, 0.1) is 0 Å². The van der Waals surface area contributed by atoms with Crippen molar-refractivity contribution in [3.05, 3.63) is 35.2 Å². The van der Waals surface area contributed by atoms with Crippen LogP contribution in [0.3, 0.4) is 0 Å². The summed E-state index contributed by atoms with van der Waals surface area (Å²) in [5.74, 6) is 0.667. The molecule has 1 N–H and O–H groups in total. The van der Waals surface area contributed by atoms with Crippen molar-refractivity contribution in [2.45, 2.75) is 0 Å². The zero-order valence-corrected chi connectivity index (χ0v) is 6.97. The molecule has 0 aliphatic heterocycles. The summed E-state index contributed by atoms with van der Waals surface area (Å²) in [6, 6.07) is 9.67. The van der Waals surface area contributed by atoms with Crippen molar-refractivity contribution in [3.8, 4) is 11.4 Å². The van der Waals surface area contributed by atoms with Crippen molar-refractivity contribution in [1.82, 2.24) is 10.1 Å². The highest BCUT2D eigenvalue weighted by Crippen LogP contribution is 2.12. The maximum atomic E-state index is 4.80. The number of rotatable bonds is 1. The second-order valence-electron chi connectivity index (χ2n) is 2.30. The van der Waals surface area contributed by atoms with E-state index >= 15 is 0 Å². The minimum absolute atomic E-state index is 0.230. The first kappa shape index (κ1) is 7.24. The van der Waals surface area contributed by atoms with E-state index in [1.54, 1.807) is 0 Å². The molecule has 1 aromatic heterocycles. The highest BCUT2D eigenvalue weighted by Gasteiger charge is 1.99. The van der Waals surface area contributed by atoms with Crippen molar-refractivity contribution in [2.24, 2.45) is 0 Å². The average Bonchev–Trinajstić information content (AvgIpc) is 2.54. The van der Waals surface area contributed by atoms with E-state index in [0.29, 0.717) is 5.82 Å². The molecule has 1 heterocycles. The fourth-order valence-corrected chi connectivity index (χ4v) is 1.08. The Balaban J connectivity index is 2.51. The Morgan fingerprint density at radius 3 is 2.58 bits per heavy atom. The van der Waals surface area contributed by atoms with Gasteiger partial charge in [-0.2, -0.15) is 4.98 Å². The van der Waals surface area contributed by atoms with Crippen LogP contribution in [0.15, 0.2) is 34.9 Å². The lowest BCUT2D eigenvalue weighted by Gasteiger charge is -1.90. The fraction of sp³-hybridized carbons (Fsp3) is 0. The third-order valence-corrected chi connectivity index (χ3v) is 1.66. The van der Waals surface area contributed by atoms with Gasteiger partial charge in [0.25, 0.3) is 0 Å². The van der Waals surface area contributed by atoms with Gasteiger partial charge in [-0.3, -0.25) is 0 Å². The van der Waals surface area contributed by atoms with Gasteiger partial charge in [-0.05, 0) is 12.2 Å². The van der Waals surface area contributed by atoms with Crippen LogP contribution in [-0.4, -0.2) is 10.1 Å².